The number of aliphatic imine (C=N–C) groups is 1. The van der Waals surface area contributed by atoms with Crippen LogP contribution in [0.25, 0.3) is 0 Å². The molecule has 9 nitrogen and oxygen atoms in total. The molecule has 0 aliphatic rings. The normalized spacial score (nSPS) is 13.4. The molecule has 9 heteroatoms. The summed E-state index contributed by atoms with van der Waals surface area (Å²) in [5.41, 5.74) is 2.50. The highest BCUT2D eigenvalue weighted by molar-refractivity contribution is 5.79. The molecule has 0 amide bonds. The fourth-order valence-electron chi connectivity index (χ4n) is 1.26. The zero-order valence-corrected chi connectivity index (χ0v) is 10.7. The highest BCUT2D eigenvalue weighted by Gasteiger charge is 2.11. The number of hydrogen-bond donors (Lipinski definition) is 4. The van der Waals surface area contributed by atoms with E-state index >= 15 is 0 Å². The lowest BCUT2D eigenvalue weighted by atomic mass is 10.3. The number of nitrogens with one attached hydrogen (secondary N) is 3. The summed E-state index contributed by atoms with van der Waals surface area (Å²) in [6.07, 6.45) is 0.845. The molecular weight excluding hydrogens is 236 g/mol. The molecule has 0 fully saturated rings. The third kappa shape index (κ3) is 5.06. The molecule has 0 aliphatic carbocycles. The van der Waals surface area contributed by atoms with Crippen LogP contribution in [-0.2, 0) is 4.74 Å². The number of tetrazole rings is 1. The Bertz CT molecular complexity index is 338. The number of aromatic amines is 1. The summed E-state index contributed by atoms with van der Waals surface area (Å²) in [6, 6.07) is -0.134. The van der Waals surface area contributed by atoms with Gasteiger partial charge < -0.3 is 10.1 Å². The largest absolute Gasteiger partial charge is 0.382 e. The number of ether oxygens (including phenoxy) is 1. The molecule has 0 saturated heterocycles. The Labute approximate surface area is 106 Å². The molecule has 1 aromatic rings. The molecule has 0 aliphatic heterocycles. The molecular formula is C9H20N8O. The average Bonchev–Trinajstić information content (AvgIpc) is 2.91. The van der Waals surface area contributed by atoms with Crippen LogP contribution in [0.1, 0.15) is 32.1 Å². The van der Waals surface area contributed by atoms with Crippen molar-refractivity contribution in [1.82, 2.24) is 31.4 Å². The lowest BCUT2D eigenvalue weighted by Crippen LogP contribution is -2.43. The van der Waals surface area contributed by atoms with Gasteiger partial charge in [0.15, 0.2) is 5.82 Å². The minimum atomic E-state index is -0.134. The maximum absolute atomic E-state index is 5.38. The lowest BCUT2D eigenvalue weighted by molar-refractivity contribution is 0.146. The fraction of sp³-hybridized carbons (Fsp3) is 0.778. The zero-order chi connectivity index (χ0) is 13.2. The minimum Gasteiger partial charge on any atom is -0.382 e. The smallest absolute Gasteiger partial charge is 0.206 e. The first-order chi connectivity index (χ1) is 8.77. The summed E-state index contributed by atoms with van der Waals surface area (Å²) in [6.45, 7) is 5.89. The maximum Gasteiger partial charge on any atom is 0.206 e. The van der Waals surface area contributed by atoms with Crippen molar-refractivity contribution in [2.75, 3.05) is 19.8 Å². The van der Waals surface area contributed by atoms with Gasteiger partial charge in [0.2, 0.25) is 5.96 Å². The predicted molar refractivity (Wildman–Crippen MR) is 66.5 cm³/mol. The van der Waals surface area contributed by atoms with Gasteiger partial charge in [-0.3, -0.25) is 10.4 Å². The van der Waals surface area contributed by atoms with Crippen LogP contribution in [0.3, 0.4) is 0 Å². The average molecular weight is 256 g/mol. The first kappa shape index (κ1) is 14.3. The second-order valence-corrected chi connectivity index (χ2v) is 3.56. The highest BCUT2D eigenvalue weighted by atomic mass is 16.5. The molecule has 0 radical (unpaired) electrons. The monoisotopic (exact) mass is 256 g/mol. The Morgan fingerprint density at radius 1 is 1.61 bits per heavy atom. The second-order valence-electron chi connectivity index (χ2n) is 3.56. The van der Waals surface area contributed by atoms with E-state index < -0.39 is 0 Å². The van der Waals surface area contributed by atoms with Crippen LogP contribution < -0.4 is 16.6 Å². The van der Waals surface area contributed by atoms with Gasteiger partial charge in [0.1, 0.15) is 0 Å². The summed E-state index contributed by atoms with van der Waals surface area (Å²) in [5.74, 6) is 6.41. The molecule has 0 saturated carbocycles. The van der Waals surface area contributed by atoms with E-state index in [-0.39, 0.29) is 6.04 Å². The van der Waals surface area contributed by atoms with Crippen LogP contribution in [0.15, 0.2) is 4.99 Å². The number of nitrogens with zero attached hydrogens (tertiary/aromatic N) is 4. The van der Waals surface area contributed by atoms with Crippen molar-refractivity contribution in [3.05, 3.63) is 5.82 Å². The topological polar surface area (TPSA) is 126 Å². The van der Waals surface area contributed by atoms with Crippen LogP contribution in [-0.4, -0.2) is 46.3 Å². The van der Waals surface area contributed by atoms with Crippen LogP contribution in [0, 0.1) is 0 Å². The maximum atomic E-state index is 5.38. The molecule has 1 unspecified atom stereocenters. The van der Waals surface area contributed by atoms with Gasteiger partial charge in [-0.05, 0) is 20.3 Å². The SMILES string of the molecule is CCOCCCN=C(NN)NC(C)c1nn[nH]n1. The van der Waals surface area contributed by atoms with Crippen molar-refractivity contribution < 1.29 is 4.74 Å². The molecule has 18 heavy (non-hydrogen) atoms. The van der Waals surface area contributed by atoms with E-state index in [1.165, 1.54) is 0 Å². The standard InChI is InChI=1S/C9H20N8O/c1-3-18-6-4-5-11-9(13-10)12-7(2)8-14-16-17-15-8/h7H,3-6,10H2,1-2H3,(H2,11,12,13)(H,14,15,16,17). The fourth-order valence-corrected chi connectivity index (χ4v) is 1.26. The van der Waals surface area contributed by atoms with E-state index in [4.69, 9.17) is 10.6 Å². The van der Waals surface area contributed by atoms with Crippen LogP contribution in [0.4, 0.5) is 0 Å². The van der Waals surface area contributed by atoms with E-state index in [2.05, 4.69) is 36.4 Å². The number of aromatic nitrogens is 4. The van der Waals surface area contributed by atoms with Gasteiger partial charge in [0, 0.05) is 19.8 Å². The van der Waals surface area contributed by atoms with Crippen LogP contribution in [0.2, 0.25) is 0 Å². The summed E-state index contributed by atoms with van der Waals surface area (Å²) < 4.78 is 5.22. The molecule has 0 aromatic carbocycles. The third-order valence-corrected chi connectivity index (χ3v) is 2.16. The molecule has 0 bridgehead atoms. The molecule has 5 N–H and O–H groups in total. The Morgan fingerprint density at radius 3 is 3.06 bits per heavy atom. The number of nitrogens with two attached hydrogens (primary N) is 1. The lowest BCUT2D eigenvalue weighted by Gasteiger charge is -2.13. The van der Waals surface area contributed by atoms with Crippen molar-refractivity contribution in [3.8, 4) is 0 Å². The van der Waals surface area contributed by atoms with Crippen molar-refractivity contribution in [1.29, 1.82) is 0 Å². The zero-order valence-electron chi connectivity index (χ0n) is 10.7. The molecule has 102 valence electrons. The van der Waals surface area contributed by atoms with Crippen molar-refractivity contribution in [2.24, 2.45) is 10.8 Å². The van der Waals surface area contributed by atoms with Gasteiger partial charge >= 0.3 is 0 Å². The molecule has 1 aromatic heterocycles. The van der Waals surface area contributed by atoms with Gasteiger partial charge in [0.05, 0.1) is 6.04 Å². The number of rotatable bonds is 7. The summed E-state index contributed by atoms with van der Waals surface area (Å²) in [7, 11) is 0. The number of H-pyrrole nitrogens is 1. The first-order valence-corrected chi connectivity index (χ1v) is 5.86. The van der Waals surface area contributed by atoms with Crippen molar-refractivity contribution >= 4 is 5.96 Å². The van der Waals surface area contributed by atoms with Crippen LogP contribution >= 0.6 is 0 Å². The summed E-state index contributed by atoms with van der Waals surface area (Å²) >= 11 is 0. The van der Waals surface area contributed by atoms with E-state index in [9.17, 15) is 0 Å². The summed E-state index contributed by atoms with van der Waals surface area (Å²) in [5, 5.41) is 16.7. The van der Waals surface area contributed by atoms with E-state index in [1.807, 2.05) is 13.8 Å². The van der Waals surface area contributed by atoms with Gasteiger partial charge in [-0.2, -0.15) is 5.21 Å². The highest BCUT2D eigenvalue weighted by Crippen LogP contribution is 2.02. The van der Waals surface area contributed by atoms with Gasteiger partial charge in [-0.15, -0.1) is 10.2 Å². The number of guanidine groups is 1. The Kier molecular flexibility index (Phi) is 6.66. The molecule has 1 atom stereocenters. The Balaban J connectivity index is 2.34. The molecule has 1 heterocycles. The molecule has 0 spiro atoms. The van der Waals surface area contributed by atoms with Crippen LogP contribution in [0.5, 0.6) is 0 Å². The van der Waals surface area contributed by atoms with Crippen molar-refractivity contribution in [3.63, 3.8) is 0 Å². The number of hydrogen-bond acceptors (Lipinski definition) is 6. The van der Waals surface area contributed by atoms with E-state index in [1.54, 1.807) is 0 Å². The van der Waals surface area contributed by atoms with Gasteiger partial charge in [0.25, 0.3) is 0 Å². The third-order valence-electron chi connectivity index (χ3n) is 2.16. The van der Waals surface area contributed by atoms with Gasteiger partial charge in [-0.25, -0.2) is 5.84 Å². The van der Waals surface area contributed by atoms with Gasteiger partial charge in [-0.1, -0.05) is 5.21 Å². The quantitative estimate of drug-likeness (QED) is 0.164. The van der Waals surface area contributed by atoms with E-state index in [0.717, 1.165) is 13.0 Å². The minimum absolute atomic E-state index is 0.134. The van der Waals surface area contributed by atoms with Crippen molar-refractivity contribution in [2.45, 2.75) is 26.3 Å². The Morgan fingerprint density at radius 2 is 2.44 bits per heavy atom. The first-order valence-electron chi connectivity index (χ1n) is 5.86. The number of hydrazine groups is 1. The predicted octanol–water partition coefficient (Wildman–Crippen LogP) is -0.904. The molecule has 1 rings (SSSR count). The second kappa shape index (κ2) is 8.37. The Hall–Kier alpha value is -1.74. The summed E-state index contributed by atoms with van der Waals surface area (Å²) in [4.78, 5) is 4.27. The van der Waals surface area contributed by atoms with E-state index in [0.29, 0.717) is 24.9 Å².